The lowest BCUT2D eigenvalue weighted by atomic mass is 10.1. The summed E-state index contributed by atoms with van der Waals surface area (Å²) in [5.74, 6) is 0.101. The van der Waals surface area contributed by atoms with Crippen LogP contribution in [0.25, 0.3) is 0 Å². The summed E-state index contributed by atoms with van der Waals surface area (Å²) in [6, 6.07) is 9.39. The number of nitrogens with one attached hydrogen (secondary N) is 2. The van der Waals surface area contributed by atoms with Crippen molar-refractivity contribution < 1.29 is 18.9 Å². The van der Waals surface area contributed by atoms with Crippen LogP contribution in [0.4, 0.5) is 4.79 Å². The van der Waals surface area contributed by atoms with Gasteiger partial charge in [0.2, 0.25) is 5.91 Å². The van der Waals surface area contributed by atoms with Gasteiger partial charge >= 0.3 is 0 Å². The van der Waals surface area contributed by atoms with E-state index in [1.807, 2.05) is 24.3 Å². The largest absolute Gasteiger partial charge is 0.361 e. The molecule has 1 aromatic carbocycles. The van der Waals surface area contributed by atoms with Crippen molar-refractivity contribution in [1.29, 1.82) is 0 Å². The van der Waals surface area contributed by atoms with E-state index in [-0.39, 0.29) is 28.0 Å². The van der Waals surface area contributed by atoms with Crippen LogP contribution in [0.2, 0.25) is 0 Å². The maximum atomic E-state index is 11.9. The fourth-order valence-electron chi connectivity index (χ4n) is 2.47. The van der Waals surface area contributed by atoms with Crippen LogP contribution in [0, 0.1) is 6.92 Å². The maximum absolute atomic E-state index is 11.9. The molecule has 2 heterocycles. The topological polar surface area (TPSA) is 101 Å². The summed E-state index contributed by atoms with van der Waals surface area (Å²) in [5.41, 5.74) is 2.34. The molecular weight excluding hydrogens is 342 g/mol. The fraction of sp³-hybridized carbons (Fsp3) is 0.294. The van der Waals surface area contributed by atoms with Crippen molar-refractivity contribution in [3.8, 4) is 0 Å². The minimum Gasteiger partial charge on any atom is -0.361 e. The Kier molecular flexibility index (Phi) is 5.18. The van der Waals surface area contributed by atoms with Crippen molar-refractivity contribution >= 4 is 28.8 Å². The van der Waals surface area contributed by atoms with Crippen LogP contribution in [0.1, 0.15) is 27.4 Å². The Morgan fingerprint density at radius 2 is 2.00 bits per heavy atom. The van der Waals surface area contributed by atoms with Crippen LogP contribution in [-0.4, -0.2) is 34.0 Å². The monoisotopic (exact) mass is 359 g/mol. The number of amides is 3. The van der Waals surface area contributed by atoms with Gasteiger partial charge in [-0.1, -0.05) is 41.2 Å². The molecule has 2 aromatic rings. The van der Waals surface area contributed by atoms with E-state index in [4.69, 9.17) is 4.52 Å². The van der Waals surface area contributed by atoms with Crippen molar-refractivity contribution in [3.05, 3.63) is 52.9 Å². The second-order valence-corrected chi connectivity index (χ2v) is 6.91. The number of aromatic nitrogens is 1. The van der Waals surface area contributed by atoms with Crippen molar-refractivity contribution in [2.45, 2.75) is 25.0 Å². The minimum absolute atomic E-state index is 0.232. The molecule has 1 aromatic heterocycles. The Hall–Kier alpha value is -2.61. The number of carbonyl (C=O) groups is 3. The number of thioether (sulfide) groups is 1. The summed E-state index contributed by atoms with van der Waals surface area (Å²) in [6.07, 6.45) is 1.20. The first-order valence-electron chi connectivity index (χ1n) is 7.82. The van der Waals surface area contributed by atoms with Gasteiger partial charge in [-0.3, -0.25) is 19.7 Å². The second-order valence-electron chi connectivity index (χ2n) is 5.73. The molecule has 1 atom stereocenters. The smallest absolute Gasteiger partial charge is 0.286 e. The van der Waals surface area contributed by atoms with Gasteiger partial charge in [0.15, 0.2) is 5.69 Å². The molecule has 0 spiro atoms. The van der Waals surface area contributed by atoms with Gasteiger partial charge in [-0.05, 0) is 30.9 Å². The number of hydrogen-bond acceptors (Lipinski definition) is 6. The van der Waals surface area contributed by atoms with Gasteiger partial charge in [0.1, 0.15) is 5.76 Å². The Labute approximate surface area is 148 Å². The normalized spacial score (nSPS) is 16.8. The Morgan fingerprint density at radius 3 is 2.60 bits per heavy atom. The highest BCUT2D eigenvalue weighted by atomic mass is 32.2. The van der Waals surface area contributed by atoms with Crippen LogP contribution in [0.3, 0.4) is 0 Å². The zero-order chi connectivity index (χ0) is 17.8. The van der Waals surface area contributed by atoms with Gasteiger partial charge in [0.25, 0.3) is 11.1 Å². The molecule has 0 bridgehead atoms. The molecule has 3 rings (SSSR count). The van der Waals surface area contributed by atoms with Gasteiger partial charge < -0.3 is 9.84 Å². The molecule has 3 amide bonds. The van der Waals surface area contributed by atoms with E-state index < -0.39 is 0 Å². The molecule has 2 N–H and O–H groups in total. The molecule has 130 valence electrons. The standard InChI is InChI=1S/C17H17N3O4S/c1-10-8-13(20-24-10)15(21)18-7-6-11-2-4-12(5-3-11)9-14-16(22)19-17(23)25-14/h2-5,8,14H,6-7,9H2,1H3,(H,18,21)(H,19,22,23)/t14-/m1/s1. The zero-order valence-corrected chi connectivity index (χ0v) is 14.4. The molecule has 1 saturated heterocycles. The highest BCUT2D eigenvalue weighted by molar-refractivity contribution is 8.15. The second kappa shape index (κ2) is 7.52. The van der Waals surface area contributed by atoms with Crippen molar-refractivity contribution in [3.63, 3.8) is 0 Å². The molecule has 0 saturated carbocycles. The van der Waals surface area contributed by atoms with Crippen LogP contribution >= 0.6 is 11.8 Å². The third kappa shape index (κ3) is 4.48. The van der Waals surface area contributed by atoms with E-state index in [1.165, 1.54) is 0 Å². The lowest BCUT2D eigenvalue weighted by Gasteiger charge is -2.07. The zero-order valence-electron chi connectivity index (χ0n) is 13.6. The van der Waals surface area contributed by atoms with E-state index >= 15 is 0 Å². The molecule has 25 heavy (non-hydrogen) atoms. The van der Waals surface area contributed by atoms with Gasteiger partial charge in [-0.2, -0.15) is 0 Å². The molecular formula is C17H17N3O4S. The molecule has 1 aliphatic rings. The molecule has 0 radical (unpaired) electrons. The maximum Gasteiger partial charge on any atom is 0.286 e. The predicted molar refractivity (Wildman–Crippen MR) is 92.3 cm³/mol. The lowest BCUT2D eigenvalue weighted by molar-refractivity contribution is -0.118. The van der Waals surface area contributed by atoms with Crippen molar-refractivity contribution in [2.75, 3.05) is 6.54 Å². The molecule has 0 aliphatic carbocycles. The summed E-state index contributed by atoms with van der Waals surface area (Å²) in [7, 11) is 0. The van der Waals surface area contributed by atoms with Gasteiger partial charge in [0.05, 0.1) is 5.25 Å². The SMILES string of the molecule is Cc1cc(C(=O)NCCc2ccc(C[C@H]3SC(=O)NC3=O)cc2)no1. The van der Waals surface area contributed by atoms with Crippen LogP contribution < -0.4 is 10.6 Å². The van der Waals surface area contributed by atoms with E-state index in [0.717, 1.165) is 22.9 Å². The first-order chi connectivity index (χ1) is 12.0. The minimum atomic E-state index is -0.358. The summed E-state index contributed by atoms with van der Waals surface area (Å²) < 4.78 is 4.87. The molecule has 8 heteroatoms. The van der Waals surface area contributed by atoms with Gasteiger partial charge in [-0.15, -0.1) is 0 Å². The molecule has 1 aliphatic heterocycles. The summed E-state index contributed by atoms with van der Waals surface area (Å²) in [5, 5.41) is 8.10. The van der Waals surface area contributed by atoms with E-state index in [9.17, 15) is 14.4 Å². The average Bonchev–Trinajstić information content (AvgIpc) is 3.14. The van der Waals surface area contributed by atoms with Crippen molar-refractivity contribution in [2.24, 2.45) is 0 Å². The fourth-order valence-corrected chi connectivity index (χ4v) is 3.33. The molecule has 7 nitrogen and oxygen atoms in total. The average molecular weight is 359 g/mol. The van der Waals surface area contributed by atoms with E-state index in [0.29, 0.717) is 25.1 Å². The van der Waals surface area contributed by atoms with Crippen LogP contribution in [0.5, 0.6) is 0 Å². The summed E-state index contributed by atoms with van der Waals surface area (Å²) in [6.45, 7) is 2.22. The van der Waals surface area contributed by atoms with E-state index in [2.05, 4.69) is 15.8 Å². The van der Waals surface area contributed by atoms with Crippen molar-refractivity contribution in [1.82, 2.24) is 15.8 Å². The van der Waals surface area contributed by atoms with Gasteiger partial charge in [-0.25, -0.2) is 0 Å². The number of aryl methyl sites for hydroxylation is 1. The quantitative estimate of drug-likeness (QED) is 0.816. The highest BCUT2D eigenvalue weighted by Gasteiger charge is 2.31. The van der Waals surface area contributed by atoms with E-state index in [1.54, 1.807) is 13.0 Å². The van der Waals surface area contributed by atoms with Crippen LogP contribution in [-0.2, 0) is 17.6 Å². The third-order valence-corrected chi connectivity index (χ3v) is 4.75. The highest BCUT2D eigenvalue weighted by Crippen LogP contribution is 2.23. The first-order valence-corrected chi connectivity index (χ1v) is 8.70. The molecule has 1 fully saturated rings. The summed E-state index contributed by atoms with van der Waals surface area (Å²) >= 11 is 1.03. The Bertz CT molecular complexity index is 800. The number of nitrogens with zero attached hydrogens (tertiary/aromatic N) is 1. The first kappa shape index (κ1) is 17.2. The molecule has 0 unspecified atom stereocenters. The summed E-state index contributed by atoms with van der Waals surface area (Å²) in [4.78, 5) is 34.6. The number of hydrogen-bond donors (Lipinski definition) is 2. The predicted octanol–water partition coefficient (Wildman–Crippen LogP) is 1.85. The third-order valence-electron chi connectivity index (χ3n) is 3.77. The number of carbonyl (C=O) groups excluding carboxylic acids is 3. The Balaban J connectivity index is 1.47. The number of rotatable bonds is 6. The Morgan fingerprint density at radius 1 is 1.28 bits per heavy atom. The number of benzene rings is 1. The lowest BCUT2D eigenvalue weighted by Crippen LogP contribution is -2.26. The van der Waals surface area contributed by atoms with Gasteiger partial charge in [0, 0.05) is 12.6 Å². The van der Waals surface area contributed by atoms with Crippen LogP contribution in [0.15, 0.2) is 34.9 Å². The number of imide groups is 1.